The van der Waals surface area contributed by atoms with E-state index in [0.29, 0.717) is 0 Å². The average Bonchev–Trinajstić information content (AvgIpc) is 2.75. The Morgan fingerprint density at radius 2 is 2.22 bits per heavy atom. The molecule has 4 heteroatoms. The molecule has 2 N–H and O–H groups in total. The van der Waals surface area contributed by atoms with Crippen molar-refractivity contribution in [3.63, 3.8) is 0 Å². The molecule has 18 heavy (non-hydrogen) atoms. The molecule has 0 saturated carbocycles. The molecule has 1 aliphatic rings. The third-order valence-electron chi connectivity index (χ3n) is 3.15. The monoisotopic (exact) mass is 253 g/mol. The summed E-state index contributed by atoms with van der Waals surface area (Å²) in [6.07, 6.45) is 3.86. The van der Waals surface area contributed by atoms with Crippen LogP contribution < -0.4 is 10.1 Å². The van der Waals surface area contributed by atoms with Crippen LogP contribution in [0.5, 0.6) is 5.75 Å². The highest BCUT2D eigenvalue weighted by atomic mass is 19.1. The molecule has 3 nitrogen and oxygen atoms in total. The predicted molar refractivity (Wildman–Crippen MR) is 68.3 cm³/mol. The summed E-state index contributed by atoms with van der Waals surface area (Å²) in [5, 5.41) is 12.0. The number of unbranched alkanes of at least 4 members (excludes halogenated alkanes) is 2. The van der Waals surface area contributed by atoms with Gasteiger partial charge in [-0.1, -0.05) is 0 Å². The lowest BCUT2D eigenvalue weighted by Gasteiger charge is -2.11. The number of halogens is 1. The minimum Gasteiger partial charge on any atom is -0.488 e. The fourth-order valence-electron chi connectivity index (χ4n) is 2.20. The van der Waals surface area contributed by atoms with Gasteiger partial charge in [0.1, 0.15) is 17.7 Å². The molecule has 0 amide bonds. The van der Waals surface area contributed by atoms with Crippen LogP contribution in [0.2, 0.25) is 0 Å². The third kappa shape index (κ3) is 3.68. The molecule has 1 aromatic carbocycles. The van der Waals surface area contributed by atoms with Crippen molar-refractivity contribution in [2.45, 2.75) is 31.8 Å². The Morgan fingerprint density at radius 1 is 1.33 bits per heavy atom. The number of benzene rings is 1. The molecule has 1 atom stereocenters. The quantitative estimate of drug-likeness (QED) is 0.729. The Bertz CT molecular complexity index is 384. The zero-order valence-corrected chi connectivity index (χ0v) is 10.5. The van der Waals surface area contributed by atoms with Crippen LogP contribution in [0.1, 0.15) is 24.8 Å². The second-order valence-corrected chi connectivity index (χ2v) is 4.68. The van der Waals surface area contributed by atoms with Crippen molar-refractivity contribution in [3.05, 3.63) is 29.6 Å². The first kappa shape index (κ1) is 13.3. The largest absolute Gasteiger partial charge is 0.488 e. The molecule has 0 aromatic heterocycles. The summed E-state index contributed by atoms with van der Waals surface area (Å²) in [5.41, 5.74) is 0.960. The van der Waals surface area contributed by atoms with Crippen molar-refractivity contribution in [2.75, 3.05) is 19.7 Å². The van der Waals surface area contributed by atoms with Gasteiger partial charge in [0.15, 0.2) is 0 Å². The second-order valence-electron chi connectivity index (χ2n) is 4.68. The molecule has 0 spiro atoms. The summed E-state index contributed by atoms with van der Waals surface area (Å²) in [7, 11) is 0. The van der Waals surface area contributed by atoms with Gasteiger partial charge in [0.2, 0.25) is 0 Å². The predicted octanol–water partition coefficient (Wildman–Crippen LogP) is 1.88. The average molecular weight is 253 g/mol. The third-order valence-corrected chi connectivity index (χ3v) is 3.15. The van der Waals surface area contributed by atoms with E-state index in [0.717, 1.165) is 50.1 Å². The first-order valence-electron chi connectivity index (χ1n) is 6.56. The normalized spacial score (nSPS) is 17.6. The first-order valence-corrected chi connectivity index (χ1v) is 6.56. The maximum absolute atomic E-state index is 13.0. The smallest absolute Gasteiger partial charge is 0.123 e. The highest BCUT2D eigenvalue weighted by Gasteiger charge is 2.22. The molecular weight excluding hydrogens is 233 g/mol. The summed E-state index contributed by atoms with van der Waals surface area (Å²) < 4.78 is 18.7. The summed E-state index contributed by atoms with van der Waals surface area (Å²) in [6, 6.07) is 4.69. The Morgan fingerprint density at radius 3 is 3.06 bits per heavy atom. The molecule has 1 aliphatic heterocycles. The number of ether oxygens (including phenoxy) is 1. The van der Waals surface area contributed by atoms with Crippen LogP contribution in [0.15, 0.2) is 18.2 Å². The zero-order chi connectivity index (χ0) is 12.8. The lowest BCUT2D eigenvalue weighted by atomic mass is 10.1. The minimum absolute atomic E-state index is 0.111. The van der Waals surface area contributed by atoms with Gasteiger partial charge in [-0.25, -0.2) is 4.39 Å². The lowest BCUT2D eigenvalue weighted by molar-refractivity contribution is 0.227. The van der Waals surface area contributed by atoms with Gasteiger partial charge in [-0.05, 0) is 44.0 Å². The molecule has 0 fully saturated rings. The molecule has 100 valence electrons. The maximum atomic E-state index is 13.0. The number of rotatable bonds is 7. The Labute approximate surface area is 107 Å². The number of hydrogen-bond donors (Lipinski definition) is 2. The summed E-state index contributed by atoms with van der Waals surface area (Å²) in [6.45, 7) is 1.99. The van der Waals surface area contributed by atoms with Gasteiger partial charge in [-0.3, -0.25) is 0 Å². The fraction of sp³-hybridized carbons (Fsp3) is 0.571. The minimum atomic E-state index is -0.199. The van der Waals surface area contributed by atoms with Crippen LogP contribution in [0.3, 0.4) is 0 Å². The Balaban J connectivity index is 1.65. The van der Waals surface area contributed by atoms with Crippen molar-refractivity contribution in [2.24, 2.45) is 0 Å². The first-order chi connectivity index (χ1) is 8.79. The number of nitrogens with one attached hydrogen (secondary N) is 1. The fourth-order valence-corrected chi connectivity index (χ4v) is 2.20. The molecular formula is C14H20FNO2. The van der Waals surface area contributed by atoms with Crippen LogP contribution in [-0.2, 0) is 6.42 Å². The molecule has 2 rings (SSSR count). The van der Waals surface area contributed by atoms with Gasteiger partial charge >= 0.3 is 0 Å². The molecule has 1 heterocycles. The van der Waals surface area contributed by atoms with Crippen LogP contribution >= 0.6 is 0 Å². The van der Waals surface area contributed by atoms with Crippen LogP contribution in [0.4, 0.5) is 4.39 Å². The topological polar surface area (TPSA) is 41.5 Å². The maximum Gasteiger partial charge on any atom is 0.123 e. The van der Waals surface area contributed by atoms with E-state index in [4.69, 9.17) is 9.84 Å². The highest BCUT2D eigenvalue weighted by molar-refractivity contribution is 5.37. The van der Waals surface area contributed by atoms with Gasteiger partial charge in [-0.15, -0.1) is 0 Å². The van der Waals surface area contributed by atoms with E-state index in [-0.39, 0.29) is 18.5 Å². The van der Waals surface area contributed by atoms with E-state index in [1.165, 1.54) is 6.07 Å². The van der Waals surface area contributed by atoms with E-state index in [9.17, 15) is 4.39 Å². The summed E-state index contributed by atoms with van der Waals surface area (Å²) in [5.74, 6) is 0.610. The molecule has 0 aliphatic carbocycles. The van der Waals surface area contributed by atoms with E-state index in [2.05, 4.69) is 5.32 Å². The standard InChI is InChI=1S/C14H20FNO2/c15-12-4-5-14-11(8-12)9-13(18-14)10-16-6-2-1-3-7-17/h4-5,8,13,16-17H,1-3,6-7,9-10H2. The van der Waals surface area contributed by atoms with Gasteiger partial charge in [0, 0.05) is 25.1 Å². The number of fused-ring (bicyclic) bond motifs is 1. The molecule has 1 unspecified atom stereocenters. The van der Waals surface area contributed by atoms with E-state index < -0.39 is 0 Å². The van der Waals surface area contributed by atoms with E-state index in [1.807, 2.05) is 0 Å². The van der Waals surface area contributed by atoms with E-state index in [1.54, 1.807) is 12.1 Å². The number of aliphatic hydroxyl groups excluding tert-OH is 1. The van der Waals surface area contributed by atoms with Crippen molar-refractivity contribution in [1.82, 2.24) is 5.32 Å². The highest BCUT2D eigenvalue weighted by Crippen LogP contribution is 2.28. The number of hydrogen-bond acceptors (Lipinski definition) is 3. The molecule has 0 bridgehead atoms. The Kier molecular flexibility index (Phi) is 4.96. The lowest BCUT2D eigenvalue weighted by Crippen LogP contribution is -2.30. The van der Waals surface area contributed by atoms with Crippen molar-refractivity contribution < 1.29 is 14.2 Å². The van der Waals surface area contributed by atoms with E-state index >= 15 is 0 Å². The van der Waals surface area contributed by atoms with Gasteiger partial charge in [-0.2, -0.15) is 0 Å². The molecule has 0 radical (unpaired) electrons. The number of aliphatic hydroxyl groups is 1. The van der Waals surface area contributed by atoms with Crippen LogP contribution in [0, 0.1) is 5.82 Å². The van der Waals surface area contributed by atoms with Crippen LogP contribution in [-0.4, -0.2) is 30.9 Å². The SMILES string of the molecule is OCCCCCNCC1Cc2cc(F)ccc2O1. The summed E-state index contributed by atoms with van der Waals surface area (Å²) >= 11 is 0. The summed E-state index contributed by atoms with van der Waals surface area (Å²) in [4.78, 5) is 0. The second kappa shape index (κ2) is 6.71. The van der Waals surface area contributed by atoms with Gasteiger partial charge in [0.05, 0.1) is 0 Å². The zero-order valence-electron chi connectivity index (χ0n) is 10.5. The van der Waals surface area contributed by atoms with Crippen molar-refractivity contribution in [1.29, 1.82) is 0 Å². The molecule has 0 saturated heterocycles. The van der Waals surface area contributed by atoms with Crippen molar-refractivity contribution in [3.8, 4) is 5.75 Å². The van der Waals surface area contributed by atoms with Crippen LogP contribution in [0.25, 0.3) is 0 Å². The Hall–Kier alpha value is -1.13. The van der Waals surface area contributed by atoms with Gasteiger partial charge in [0.25, 0.3) is 0 Å². The van der Waals surface area contributed by atoms with Crippen molar-refractivity contribution >= 4 is 0 Å². The molecule has 1 aromatic rings. The van der Waals surface area contributed by atoms with Gasteiger partial charge < -0.3 is 15.2 Å².